The summed E-state index contributed by atoms with van der Waals surface area (Å²) >= 11 is 1.46. The van der Waals surface area contributed by atoms with Crippen molar-refractivity contribution in [3.8, 4) is 0 Å². The largest absolute Gasteiger partial charge is 0.480 e. The van der Waals surface area contributed by atoms with Gasteiger partial charge in [-0.25, -0.2) is 0 Å². The Balaban J connectivity index is 2.48. The molecule has 3 nitrogen and oxygen atoms in total. The summed E-state index contributed by atoms with van der Waals surface area (Å²) in [6.45, 7) is -1.70. The molecule has 0 aliphatic rings. The Morgan fingerprint density at radius 1 is 1.47 bits per heavy atom. The number of aliphatic carboxylic acids is 1. The minimum atomic E-state index is -4.37. The lowest BCUT2D eigenvalue weighted by Crippen LogP contribution is -2.39. The molecule has 1 aromatic heterocycles. The summed E-state index contributed by atoms with van der Waals surface area (Å²) in [6, 6.07) is 1.82. The monoisotopic (exact) mass is 267 g/mol. The normalized spacial score (nSPS) is 12.0. The quantitative estimate of drug-likeness (QED) is 0.859. The van der Waals surface area contributed by atoms with Crippen LogP contribution in [0.3, 0.4) is 0 Å². The fourth-order valence-electron chi connectivity index (χ4n) is 1.38. The van der Waals surface area contributed by atoms with Crippen molar-refractivity contribution < 1.29 is 23.1 Å². The minimum absolute atomic E-state index is 0.0859. The fourth-order valence-corrected chi connectivity index (χ4v) is 2.08. The van der Waals surface area contributed by atoms with Crippen LogP contribution in [0.5, 0.6) is 0 Å². The van der Waals surface area contributed by atoms with Crippen LogP contribution in [0.2, 0.25) is 0 Å². The minimum Gasteiger partial charge on any atom is -0.480 e. The summed E-state index contributed by atoms with van der Waals surface area (Å²) in [7, 11) is 0. The predicted octanol–water partition coefficient (Wildman–Crippen LogP) is 2.24. The van der Waals surface area contributed by atoms with E-state index in [2.05, 4.69) is 0 Å². The maximum Gasteiger partial charge on any atom is 0.401 e. The standard InChI is InChI=1S/C10H12F3NO2S/c11-10(12,13)7-14(5-9(15)16)3-1-8-2-4-17-6-8/h2,4,6H,1,3,5,7H2,(H,15,16). The highest BCUT2D eigenvalue weighted by Crippen LogP contribution is 2.17. The Labute approximate surface area is 100 Å². The highest BCUT2D eigenvalue weighted by atomic mass is 32.1. The van der Waals surface area contributed by atoms with E-state index in [4.69, 9.17) is 5.11 Å². The molecule has 7 heteroatoms. The average Bonchev–Trinajstić information content (AvgIpc) is 2.62. The molecule has 0 bridgehead atoms. The lowest BCUT2D eigenvalue weighted by atomic mass is 10.2. The lowest BCUT2D eigenvalue weighted by Gasteiger charge is -2.21. The Hall–Kier alpha value is -1.08. The van der Waals surface area contributed by atoms with Crippen LogP contribution >= 0.6 is 11.3 Å². The van der Waals surface area contributed by atoms with Gasteiger partial charge in [-0.3, -0.25) is 9.69 Å². The zero-order valence-corrected chi connectivity index (χ0v) is 9.72. The highest BCUT2D eigenvalue weighted by Gasteiger charge is 2.31. The number of nitrogens with zero attached hydrogens (tertiary/aromatic N) is 1. The van der Waals surface area contributed by atoms with Crippen molar-refractivity contribution in [1.29, 1.82) is 0 Å². The van der Waals surface area contributed by atoms with Gasteiger partial charge >= 0.3 is 12.1 Å². The van der Waals surface area contributed by atoms with E-state index in [1.807, 2.05) is 16.8 Å². The van der Waals surface area contributed by atoms with Crippen molar-refractivity contribution in [2.24, 2.45) is 0 Å². The van der Waals surface area contributed by atoms with E-state index in [1.54, 1.807) is 0 Å². The SMILES string of the molecule is O=C(O)CN(CCc1ccsc1)CC(F)(F)F. The van der Waals surface area contributed by atoms with Gasteiger partial charge in [-0.1, -0.05) is 0 Å². The van der Waals surface area contributed by atoms with E-state index in [9.17, 15) is 18.0 Å². The first-order valence-electron chi connectivity index (χ1n) is 4.89. The Bertz CT molecular complexity index is 351. The van der Waals surface area contributed by atoms with Crippen LogP contribution < -0.4 is 0 Å². The third kappa shape index (κ3) is 6.28. The summed E-state index contributed by atoms with van der Waals surface area (Å²) in [5, 5.41) is 12.2. The first-order chi connectivity index (χ1) is 7.87. The van der Waals surface area contributed by atoms with Gasteiger partial charge in [0.05, 0.1) is 13.1 Å². The van der Waals surface area contributed by atoms with Crippen molar-refractivity contribution in [2.75, 3.05) is 19.6 Å². The molecular formula is C10H12F3NO2S. The molecule has 0 saturated carbocycles. The van der Waals surface area contributed by atoms with Crippen LogP contribution in [0.25, 0.3) is 0 Å². The van der Waals surface area contributed by atoms with Gasteiger partial charge in [0.15, 0.2) is 0 Å². The van der Waals surface area contributed by atoms with E-state index in [-0.39, 0.29) is 6.54 Å². The molecule has 96 valence electrons. The molecule has 0 radical (unpaired) electrons. The molecule has 0 fully saturated rings. The van der Waals surface area contributed by atoms with Crippen LogP contribution in [0.4, 0.5) is 13.2 Å². The molecule has 0 unspecified atom stereocenters. The second kappa shape index (κ2) is 6.02. The third-order valence-corrected chi connectivity index (χ3v) is 2.79. The molecule has 0 aromatic carbocycles. The van der Waals surface area contributed by atoms with Crippen molar-refractivity contribution in [3.05, 3.63) is 22.4 Å². The van der Waals surface area contributed by atoms with E-state index in [0.29, 0.717) is 6.42 Å². The van der Waals surface area contributed by atoms with Gasteiger partial charge in [-0.05, 0) is 28.8 Å². The first-order valence-corrected chi connectivity index (χ1v) is 5.83. The summed E-state index contributed by atoms with van der Waals surface area (Å²) in [4.78, 5) is 11.3. The Morgan fingerprint density at radius 2 is 2.18 bits per heavy atom. The van der Waals surface area contributed by atoms with Gasteiger partial charge in [-0.2, -0.15) is 24.5 Å². The number of halogens is 3. The molecule has 1 aromatic rings. The smallest absolute Gasteiger partial charge is 0.401 e. The summed E-state index contributed by atoms with van der Waals surface area (Å²) in [6.07, 6.45) is -3.95. The van der Waals surface area contributed by atoms with Gasteiger partial charge in [0.25, 0.3) is 0 Å². The molecule has 1 N–H and O–H groups in total. The average molecular weight is 267 g/mol. The van der Waals surface area contributed by atoms with Crippen molar-refractivity contribution >= 4 is 17.3 Å². The molecule has 17 heavy (non-hydrogen) atoms. The zero-order valence-electron chi connectivity index (χ0n) is 8.91. The van der Waals surface area contributed by atoms with E-state index in [1.165, 1.54) is 11.3 Å². The molecule has 0 atom stereocenters. The number of carboxylic acid groups (broad SMARTS) is 1. The van der Waals surface area contributed by atoms with Crippen molar-refractivity contribution in [1.82, 2.24) is 4.90 Å². The topological polar surface area (TPSA) is 40.5 Å². The number of carbonyl (C=O) groups is 1. The highest BCUT2D eigenvalue weighted by molar-refractivity contribution is 7.07. The van der Waals surface area contributed by atoms with E-state index >= 15 is 0 Å². The maximum atomic E-state index is 12.2. The molecule has 1 rings (SSSR count). The van der Waals surface area contributed by atoms with Crippen LogP contribution in [0.1, 0.15) is 5.56 Å². The molecular weight excluding hydrogens is 255 g/mol. The summed E-state index contributed by atoms with van der Waals surface area (Å²) < 4.78 is 36.6. The van der Waals surface area contributed by atoms with Crippen molar-refractivity contribution in [3.63, 3.8) is 0 Å². The van der Waals surface area contributed by atoms with Gasteiger partial charge in [0, 0.05) is 6.54 Å². The second-order valence-electron chi connectivity index (χ2n) is 3.60. The summed E-state index contributed by atoms with van der Waals surface area (Å²) in [5.41, 5.74) is 0.924. The second-order valence-corrected chi connectivity index (χ2v) is 4.38. The molecule has 1 heterocycles. The fraction of sp³-hybridized carbons (Fsp3) is 0.500. The Kier molecular flexibility index (Phi) is 4.95. The molecule has 0 spiro atoms. The molecule has 0 aliphatic heterocycles. The van der Waals surface area contributed by atoms with Crippen LogP contribution in [0, 0.1) is 0 Å². The van der Waals surface area contributed by atoms with Gasteiger partial charge in [0.1, 0.15) is 0 Å². The van der Waals surface area contributed by atoms with Crippen LogP contribution in [-0.4, -0.2) is 41.8 Å². The first kappa shape index (κ1) is 14.0. The third-order valence-electron chi connectivity index (χ3n) is 2.06. The number of rotatable bonds is 6. The van der Waals surface area contributed by atoms with Crippen LogP contribution in [-0.2, 0) is 11.2 Å². The lowest BCUT2D eigenvalue weighted by molar-refractivity contribution is -0.153. The van der Waals surface area contributed by atoms with Crippen LogP contribution in [0.15, 0.2) is 16.8 Å². The number of alkyl halides is 3. The maximum absolute atomic E-state index is 12.2. The molecule has 0 saturated heterocycles. The van der Waals surface area contributed by atoms with Crippen molar-refractivity contribution in [2.45, 2.75) is 12.6 Å². The molecule has 0 aliphatic carbocycles. The van der Waals surface area contributed by atoms with Gasteiger partial charge in [-0.15, -0.1) is 0 Å². The number of hydrogen-bond acceptors (Lipinski definition) is 3. The summed E-state index contributed by atoms with van der Waals surface area (Å²) in [5.74, 6) is -1.25. The number of carboxylic acids is 1. The zero-order chi connectivity index (χ0) is 12.9. The van der Waals surface area contributed by atoms with E-state index < -0.39 is 25.2 Å². The van der Waals surface area contributed by atoms with Gasteiger partial charge in [0.2, 0.25) is 0 Å². The predicted molar refractivity (Wildman–Crippen MR) is 58.2 cm³/mol. The molecule has 0 amide bonds. The Morgan fingerprint density at radius 3 is 2.65 bits per heavy atom. The number of hydrogen-bond donors (Lipinski definition) is 1. The van der Waals surface area contributed by atoms with Gasteiger partial charge < -0.3 is 5.11 Å². The number of thiophene rings is 1. The van der Waals surface area contributed by atoms with E-state index in [0.717, 1.165) is 10.5 Å².